The van der Waals surface area contributed by atoms with Crippen molar-refractivity contribution in [1.82, 2.24) is 10.2 Å². The predicted octanol–water partition coefficient (Wildman–Crippen LogP) is 3.21. The van der Waals surface area contributed by atoms with Crippen LogP contribution < -0.4 is 14.8 Å². The molecule has 27 heavy (non-hydrogen) atoms. The average molecular weight is 380 g/mol. The first kappa shape index (κ1) is 23.1. The summed E-state index contributed by atoms with van der Waals surface area (Å²) in [7, 11) is 5.35. The van der Waals surface area contributed by atoms with Gasteiger partial charge in [0.15, 0.2) is 17.5 Å². The number of methoxy groups -OCH3 is 2. The summed E-state index contributed by atoms with van der Waals surface area (Å²) in [6.45, 7) is 8.80. The van der Waals surface area contributed by atoms with E-state index < -0.39 is 0 Å². The first-order valence-corrected chi connectivity index (χ1v) is 9.82. The van der Waals surface area contributed by atoms with Gasteiger partial charge in [-0.1, -0.05) is 13.3 Å². The highest BCUT2D eigenvalue weighted by Gasteiger charge is 2.14. The molecule has 0 fully saturated rings. The van der Waals surface area contributed by atoms with Gasteiger partial charge in [0, 0.05) is 33.3 Å². The molecule has 0 amide bonds. The number of benzene rings is 1. The third-order valence-electron chi connectivity index (χ3n) is 4.68. The van der Waals surface area contributed by atoms with Gasteiger partial charge in [0.05, 0.1) is 14.2 Å². The molecule has 0 aliphatic heterocycles. The van der Waals surface area contributed by atoms with Gasteiger partial charge in [-0.2, -0.15) is 0 Å². The lowest BCUT2D eigenvalue weighted by Gasteiger charge is -2.24. The van der Waals surface area contributed by atoms with Crippen LogP contribution in [0.25, 0.3) is 0 Å². The first-order valence-electron chi connectivity index (χ1n) is 9.82. The van der Waals surface area contributed by atoms with Gasteiger partial charge in [-0.3, -0.25) is 4.99 Å². The number of ether oxygens (including phenoxy) is 2. The van der Waals surface area contributed by atoms with Crippen molar-refractivity contribution in [2.24, 2.45) is 10.9 Å². The van der Waals surface area contributed by atoms with Crippen LogP contribution in [0, 0.1) is 12.8 Å². The zero-order valence-electron chi connectivity index (χ0n) is 17.8. The van der Waals surface area contributed by atoms with Gasteiger partial charge in [-0.25, -0.2) is 0 Å². The maximum atomic E-state index is 9.26. The van der Waals surface area contributed by atoms with Crippen LogP contribution in [0.2, 0.25) is 0 Å². The van der Waals surface area contributed by atoms with Gasteiger partial charge in [0.25, 0.3) is 0 Å². The van der Waals surface area contributed by atoms with Gasteiger partial charge in [-0.05, 0) is 55.9 Å². The van der Waals surface area contributed by atoms with Gasteiger partial charge in [-0.15, -0.1) is 0 Å². The van der Waals surface area contributed by atoms with E-state index in [1.54, 1.807) is 14.2 Å². The molecule has 0 aliphatic rings. The molecule has 0 saturated heterocycles. The Balaban J connectivity index is 2.94. The normalized spacial score (nSPS) is 12.6. The molecule has 0 aromatic heterocycles. The van der Waals surface area contributed by atoms with Crippen LogP contribution in [0.15, 0.2) is 17.1 Å². The van der Waals surface area contributed by atoms with E-state index in [4.69, 9.17) is 14.5 Å². The number of nitrogens with one attached hydrogen (secondary N) is 1. The highest BCUT2D eigenvalue weighted by atomic mass is 16.5. The summed E-state index contributed by atoms with van der Waals surface area (Å²) in [5.41, 5.74) is 2.32. The van der Waals surface area contributed by atoms with Crippen molar-refractivity contribution in [2.75, 3.05) is 41.0 Å². The number of rotatable bonds is 11. The first-order chi connectivity index (χ1) is 13.0. The fourth-order valence-electron chi connectivity index (χ4n) is 3.13. The van der Waals surface area contributed by atoms with E-state index in [-0.39, 0.29) is 6.61 Å². The van der Waals surface area contributed by atoms with Crippen LogP contribution in [-0.2, 0) is 6.54 Å². The molecular formula is C21H37N3O3. The summed E-state index contributed by atoms with van der Waals surface area (Å²) < 4.78 is 10.8. The summed E-state index contributed by atoms with van der Waals surface area (Å²) in [6.07, 6.45) is 2.99. The Morgan fingerprint density at radius 1 is 1.19 bits per heavy atom. The van der Waals surface area contributed by atoms with Crippen molar-refractivity contribution in [3.63, 3.8) is 0 Å². The second kappa shape index (κ2) is 12.4. The molecule has 0 heterocycles. The summed E-state index contributed by atoms with van der Waals surface area (Å²) in [6, 6.07) is 4.03. The van der Waals surface area contributed by atoms with Crippen LogP contribution in [0.3, 0.4) is 0 Å². The summed E-state index contributed by atoms with van der Waals surface area (Å²) in [5.74, 6) is 2.78. The quantitative estimate of drug-likeness (QED) is 0.456. The van der Waals surface area contributed by atoms with Gasteiger partial charge < -0.3 is 24.8 Å². The van der Waals surface area contributed by atoms with Crippen molar-refractivity contribution in [3.8, 4) is 11.5 Å². The lowest BCUT2D eigenvalue weighted by molar-refractivity contribution is 0.253. The number of hydrogen-bond acceptors (Lipinski definition) is 4. The Hall–Kier alpha value is -1.95. The highest BCUT2D eigenvalue weighted by molar-refractivity contribution is 5.79. The molecule has 154 valence electrons. The second-order valence-electron chi connectivity index (χ2n) is 6.85. The predicted molar refractivity (Wildman–Crippen MR) is 112 cm³/mol. The zero-order chi connectivity index (χ0) is 20.2. The molecule has 6 heteroatoms. The molecule has 6 nitrogen and oxygen atoms in total. The number of hydrogen-bond donors (Lipinski definition) is 2. The maximum absolute atomic E-state index is 9.26. The highest BCUT2D eigenvalue weighted by Crippen LogP contribution is 2.30. The Kier molecular flexibility index (Phi) is 10.6. The Bertz CT molecular complexity index is 584. The third kappa shape index (κ3) is 7.29. The largest absolute Gasteiger partial charge is 0.493 e. The molecule has 0 radical (unpaired) electrons. The standard InChI is InChI=1S/C21H37N3O3/c1-7-9-17(10-11-25)14-23-21(22-8-2)24(4)15-18-13-20(27-6)19(26-5)12-16(18)3/h12-13,17,25H,7-11,14-15H2,1-6H3,(H,22,23). The fourth-order valence-corrected chi connectivity index (χ4v) is 3.13. The monoisotopic (exact) mass is 379 g/mol. The van der Waals surface area contributed by atoms with E-state index in [1.807, 2.05) is 19.2 Å². The van der Waals surface area contributed by atoms with Crippen molar-refractivity contribution in [1.29, 1.82) is 0 Å². The second-order valence-corrected chi connectivity index (χ2v) is 6.85. The number of aliphatic hydroxyl groups is 1. The minimum absolute atomic E-state index is 0.220. The fraction of sp³-hybridized carbons (Fsp3) is 0.667. The van der Waals surface area contributed by atoms with E-state index in [1.165, 1.54) is 5.56 Å². The van der Waals surface area contributed by atoms with Crippen LogP contribution in [0.4, 0.5) is 0 Å². The van der Waals surface area contributed by atoms with Crippen molar-refractivity contribution < 1.29 is 14.6 Å². The summed E-state index contributed by atoms with van der Waals surface area (Å²) in [5, 5.41) is 12.6. The van der Waals surface area contributed by atoms with E-state index in [0.717, 1.165) is 61.9 Å². The van der Waals surface area contributed by atoms with Gasteiger partial charge in [0.2, 0.25) is 0 Å². The van der Waals surface area contributed by atoms with Crippen molar-refractivity contribution in [3.05, 3.63) is 23.3 Å². The van der Waals surface area contributed by atoms with Crippen LogP contribution in [0.5, 0.6) is 11.5 Å². The molecule has 1 rings (SSSR count). The molecule has 1 aromatic rings. The van der Waals surface area contributed by atoms with Crippen LogP contribution in [0.1, 0.15) is 44.2 Å². The molecule has 0 spiro atoms. The van der Waals surface area contributed by atoms with Crippen LogP contribution >= 0.6 is 0 Å². The minimum Gasteiger partial charge on any atom is -0.493 e. The summed E-state index contributed by atoms with van der Waals surface area (Å²) in [4.78, 5) is 6.94. The number of nitrogens with zero attached hydrogens (tertiary/aromatic N) is 2. The Morgan fingerprint density at radius 3 is 2.41 bits per heavy atom. The Morgan fingerprint density at radius 2 is 1.85 bits per heavy atom. The average Bonchev–Trinajstić information content (AvgIpc) is 2.66. The lowest BCUT2D eigenvalue weighted by Crippen LogP contribution is -2.39. The number of aryl methyl sites for hydroxylation is 1. The minimum atomic E-state index is 0.220. The van der Waals surface area contributed by atoms with E-state index in [0.29, 0.717) is 5.92 Å². The molecule has 0 bridgehead atoms. The van der Waals surface area contributed by atoms with Crippen molar-refractivity contribution in [2.45, 2.75) is 46.6 Å². The number of aliphatic imine (C=N–C) groups is 1. The molecule has 0 saturated carbocycles. The molecule has 0 aliphatic carbocycles. The molecule has 1 atom stereocenters. The van der Waals surface area contributed by atoms with E-state index in [9.17, 15) is 5.11 Å². The Labute approximate surface area is 164 Å². The van der Waals surface area contributed by atoms with E-state index in [2.05, 4.69) is 31.0 Å². The molecule has 1 unspecified atom stereocenters. The topological polar surface area (TPSA) is 66.3 Å². The van der Waals surface area contributed by atoms with Gasteiger partial charge >= 0.3 is 0 Å². The molecule has 2 N–H and O–H groups in total. The summed E-state index contributed by atoms with van der Waals surface area (Å²) >= 11 is 0. The van der Waals surface area contributed by atoms with E-state index >= 15 is 0 Å². The number of guanidine groups is 1. The molecular weight excluding hydrogens is 342 g/mol. The molecule has 1 aromatic carbocycles. The van der Waals surface area contributed by atoms with Gasteiger partial charge in [0.1, 0.15) is 0 Å². The third-order valence-corrected chi connectivity index (χ3v) is 4.68. The smallest absolute Gasteiger partial charge is 0.193 e. The van der Waals surface area contributed by atoms with Crippen molar-refractivity contribution >= 4 is 5.96 Å². The van der Waals surface area contributed by atoms with Crippen LogP contribution in [-0.4, -0.2) is 56.9 Å². The zero-order valence-corrected chi connectivity index (χ0v) is 17.8. The lowest BCUT2D eigenvalue weighted by atomic mass is 10.0. The maximum Gasteiger partial charge on any atom is 0.193 e. The SMILES string of the molecule is CCCC(CCO)CN=C(NCC)N(C)Cc1cc(OC)c(OC)cc1C. The number of aliphatic hydroxyl groups excluding tert-OH is 1.